The minimum Gasteiger partial charge on any atom is -0.480 e. The Morgan fingerprint density at radius 3 is 2.81 bits per heavy atom. The Bertz CT molecular complexity index is 728. The fourth-order valence-electron chi connectivity index (χ4n) is 1.77. The molecule has 2 rings (SSSR count). The van der Waals surface area contributed by atoms with Crippen molar-refractivity contribution in [1.29, 1.82) is 0 Å². The summed E-state index contributed by atoms with van der Waals surface area (Å²) in [5, 5.41) is 14.9. The Kier molecular flexibility index (Phi) is 4.14. The molecule has 0 spiro atoms. The summed E-state index contributed by atoms with van der Waals surface area (Å²) in [5.41, 5.74) is 2.48. The van der Waals surface area contributed by atoms with Gasteiger partial charge in [0.15, 0.2) is 0 Å². The average Bonchev–Trinajstić information content (AvgIpc) is 2.49. The van der Waals surface area contributed by atoms with Gasteiger partial charge in [0.25, 0.3) is 11.2 Å². The number of rotatable bonds is 5. The van der Waals surface area contributed by atoms with Crippen LogP contribution in [0.5, 0.6) is 5.88 Å². The number of anilines is 1. The normalized spacial score (nSPS) is 10.2. The van der Waals surface area contributed by atoms with Crippen molar-refractivity contribution in [3.8, 4) is 5.88 Å². The Labute approximate surface area is 119 Å². The zero-order valence-electron chi connectivity index (χ0n) is 11.1. The number of nitrogens with two attached hydrogens (primary N) is 1. The van der Waals surface area contributed by atoms with E-state index in [4.69, 9.17) is 10.6 Å². The van der Waals surface area contributed by atoms with Gasteiger partial charge in [-0.2, -0.15) is 0 Å². The number of nitro benzene ring substituents is 1. The first-order chi connectivity index (χ1) is 10.0. The highest BCUT2D eigenvalue weighted by atomic mass is 16.6. The third-order valence-corrected chi connectivity index (χ3v) is 2.80. The van der Waals surface area contributed by atoms with Crippen molar-refractivity contribution >= 4 is 11.4 Å². The second-order valence-electron chi connectivity index (χ2n) is 4.12. The predicted octanol–water partition coefficient (Wildman–Crippen LogP) is 0.494. The summed E-state index contributed by atoms with van der Waals surface area (Å²) in [7, 11) is 1.43. The number of aromatic nitrogens is 2. The van der Waals surface area contributed by atoms with Crippen molar-refractivity contribution in [1.82, 2.24) is 9.78 Å². The molecule has 0 saturated heterocycles. The van der Waals surface area contributed by atoms with E-state index in [-0.39, 0.29) is 29.4 Å². The van der Waals surface area contributed by atoms with E-state index in [1.165, 1.54) is 31.4 Å². The average molecular weight is 291 g/mol. The molecule has 1 aromatic heterocycles. The molecule has 110 valence electrons. The maximum atomic E-state index is 11.7. The molecule has 1 heterocycles. The third-order valence-electron chi connectivity index (χ3n) is 2.80. The van der Waals surface area contributed by atoms with E-state index < -0.39 is 4.92 Å². The van der Waals surface area contributed by atoms with Crippen LogP contribution < -0.4 is 21.6 Å². The number of nitro groups is 1. The van der Waals surface area contributed by atoms with Gasteiger partial charge in [0.2, 0.25) is 5.88 Å². The fraction of sp³-hybridized carbons (Fsp3) is 0.167. The first-order valence-corrected chi connectivity index (χ1v) is 5.91. The monoisotopic (exact) mass is 291 g/mol. The first kappa shape index (κ1) is 14.5. The zero-order chi connectivity index (χ0) is 15.4. The maximum Gasteiger partial charge on any atom is 0.293 e. The number of hydrazine groups is 1. The van der Waals surface area contributed by atoms with Gasteiger partial charge in [0.05, 0.1) is 18.6 Å². The minimum atomic E-state index is -0.555. The van der Waals surface area contributed by atoms with Crippen molar-refractivity contribution in [3.05, 3.63) is 56.4 Å². The van der Waals surface area contributed by atoms with E-state index in [0.717, 1.165) is 4.68 Å². The second-order valence-corrected chi connectivity index (χ2v) is 4.12. The molecule has 0 radical (unpaired) electrons. The second kappa shape index (κ2) is 6.01. The largest absolute Gasteiger partial charge is 0.480 e. The third kappa shape index (κ3) is 3.15. The molecular formula is C12H13N5O4. The minimum absolute atomic E-state index is 0.0850. The predicted molar refractivity (Wildman–Crippen MR) is 75.1 cm³/mol. The number of nitrogen functional groups attached to an aromatic ring is 1. The van der Waals surface area contributed by atoms with Crippen molar-refractivity contribution in [2.75, 3.05) is 12.5 Å². The van der Waals surface area contributed by atoms with Gasteiger partial charge < -0.3 is 10.2 Å². The Hall–Kier alpha value is -2.94. The maximum absolute atomic E-state index is 11.7. The molecule has 3 N–H and O–H groups in total. The van der Waals surface area contributed by atoms with Gasteiger partial charge in [-0.1, -0.05) is 6.07 Å². The van der Waals surface area contributed by atoms with Crippen molar-refractivity contribution in [3.63, 3.8) is 0 Å². The van der Waals surface area contributed by atoms with Gasteiger partial charge in [-0.3, -0.25) is 20.8 Å². The van der Waals surface area contributed by atoms with Gasteiger partial charge in [-0.15, -0.1) is 5.10 Å². The lowest BCUT2D eigenvalue weighted by atomic mass is 10.1. The van der Waals surface area contributed by atoms with Crippen LogP contribution in [0.15, 0.2) is 35.1 Å². The number of nitrogens with zero attached hydrogens (tertiary/aromatic N) is 3. The molecule has 0 aliphatic heterocycles. The quantitative estimate of drug-likeness (QED) is 0.466. The van der Waals surface area contributed by atoms with Crippen molar-refractivity contribution < 1.29 is 9.66 Å². The van der Waals surface area contributed by atoms with E-state index >= 15 is 0 Å². The topological polar surface area (TPSA) is 125 Å². The van der Waals surface area contributed by atoms with E-state index in [1.54, 1.807) is 6.07 Å². The van der Waals surface area contributed by atoms with Gasteiger partial charge >= 0.3 is 0 Å². The lowest BCUT2D eigenvalue weighted by Crippen LogP contribution is -2.22. The van der Waals surface area contributed by atoms with E-state index in [9.17, 15) is 14.9 Å². The van der Waals surface area contributed by atoms with Crippen molar-refractivity contribution in [2.24, 2.45) is 5.84 Å². The van der Waals surface area contributed by atoms with Crippen LogP contribution in [0.4, 0.5) is 11.4 Å². The summed E-state index contributed by atoms with van der Waals surface area (Å²) in [6.07, 6.45) is 0. The fourth-order valence-corrected chi connectivity index (χ4v) is 1.77. The van der Waals surface area contributed by atoms with Crippen LogP contribution in [0, 0.1) is 10.1 Å². The lowest BCUT2D eigenvalue weighted by Gasteiger charge is -2.08. The molecule has 9 nitrogen and oxygen atoms in total. The summed E-state index contributed by atoms with van der Waals surface area (Å²) in [5.74, 6) is 5.50. The first-order valence-electron chi connectivity index (χ1n) is 5.91. The van der Waals surface area contributed by atoms with E-state index in [1.807, 2.05) is 0 Å². The van der Waals surface area contributed by atoms with Gasteiger partial charge in [-0.05, 0) is 11.6 Å². The molecule has 21 heavy (non-hydrogen) atoms. The van der Waals surface area contributed by atoms with Gasteiger partial charge in [0, 0.05) is 18.2 Å². The molecule has 0 aliphatic carbocycles. The number of benzene rings is 1. The molecule has 2 aromatic rings. The zero-order valence-corrected chi connectivity index (χ0v) is 11.1. The van der Waals surface area contributed by atoms with Crippen LogP contribution in [0.2, 0.25) is 0 Å². The molecule has 0 unspecified atom stereocenters. The molecule has 0 amide bonds. The molecule has 9 heteroatoms. The van der Waals surface area contributed by atoms with Crippen LogP contribution >= 0.6 is 0 Å². The number of ether oxygens (including phenoxy) is 1. The highest BCUT2D eigenvalue weighted by molar-refractivity contribution is 5.61. The smallest absolute Gasteiger partial charge is 0.293 e. The number of hydrogen-bond donors (Lipinski definition) is 2. The molecular weight excluding hydrogens is 278 g/mol. The van der Waals surface area contributed by atoms with Crippen molar-refractivity contribution in [2.45, 2.75) is 6.54 Å². The molecule has 0 aliphatic rings. The summed E-state index contributed by atoms with van der Waals surface area (Å²) >= 11 is 0. The standard InChI is InChI=1S/C12H13N5O4/c1-21-11-4-5-12(18)16(15-11)7-8-2-3-9(14-13)10(6-8)17(19)20/h2-6,14H,7,13H2,1H3. The Morgan fingerprint density at radius 1 is 1.43 bits per heavy atom. The van der Waals surface area contributed by atoms with E-state index in [0.29, 0.717) is 5.56 Å². The number of nitrogens with one attached hydrogen (secondary N) is 1. The summed E-state index contributed by atoms with van der Waals surface area (Å²) in [4.78, 5) is 22.1. The van der Waals surface area contributed by atoms with Gasteiger partial charge in [-0.25, -0.2) is 4.68 Å². The van der Waals surface area contributed by atoms with Crippen LogP contribution in [0.1, 0.15) is 5.56 Å². The molecule has 0 atom stereocenters. The summed E-state index contributed by atoms with van der Waals surface area (Å²) < 4.78 is 6.10. The molecule has 1 aromatic carbocycles. The Balaban J connectivity index is 2.38. The molecule has 0 fully saturated rings. The lowest BCUT2D eigenvalue weighted by molar-refractivity contribution is -0.384. The summed E-state index contributed by atoms with van der Waals surface area (Å²) in [6.45, 7) is 0.0850. The highest BCUT2D eigenvalue weighted by Gasteiger charge is 2.14. The van der Waals surface area contributed by atoms with Crippen LogP contribution in [-0.4, -0.2) is 21.8 Å². The van der Waals surface area contributed by atoms with Crippen LogP contribution in [0.3, 0.4) is 0 Å². The highest BCUT2D eigenvalue weighted by Crippen LogP contribution is 2.24. The van der Waals surface area contributed by atoms with Crippen LogP contribution in [-0.2, 0) is 6.54 Å². The Morgan fingerprint density at radius 2 is 2.19 bits per heavy atom. The van der Waals surface area contributed by atoms with Crippen LogP contribution in [0.25, 0.3) is 0 Å². The molecule has 0 saturated carbocycles. The van der Waals surface area contributed by atoms with Gasteiger partial charge in [0.1, 0.15) is 5.69 Å². The summed E-state index contributed by atoms with van der Waals surface area (Å²) in [6, 6.07) is 7.19. The number of methoxy groups -OCH3 is 1. The number of hydrogen-bond acceptors (Lipinski definition) is 7. The SMILES string of the molecule is COc1ccc(=O)n(Cc2ccc(NN)c([N+](=O)[O-])c2)n1. The van der Waals surface area contributed by atoms with E-state index in [2.05, 4.69) is 10.5 Å². The molecule has 0 bridgehead atoms.